The molecule has 0 aliphatic heterocycles. The lowest BCUT2D eigenvalue weighted by Crippen LogP contribution is -2.10. The van der Waals surface area contributed by atoms with Crippen molar-refractivity contribution in [3.63, 3.8) is 0 Å². The molecule has 2 aromatic rings. The molecule has 0 fully saturated rings. The quantitative estimate of drug-likeness (QED) is 0.819. The van der Waals surface area contributed by atoms with E-state index in [2.05, 4.69) is 4.98 Å². The molecule has 1 aromatic carbocycles. The molecule has 1 amide bonds. The number of primary amides is 1. The Morgan fingerprint density at radius 3 is 2.80 bits per heavy atom. The zero-order valence-electron chi connectivity index (χ0n) is 8.00. The van der Waals surface area contributed by atoms with Crippen LogP contribution in [0.15, 0.2) is 18.2 Å². The van der Waals surface area contributed by atoms with Crippen LogP contribution in [-0.4, -0.2) is 18.0 Å². The first-order chi connectivity index (χ1) is 7.11. The van der Waals surface area contributed by atoms with E-state index in [1.165, 1.54) is 7.11 Å². The fourth-order valence-corrected chi connectivity index (χ4v) is 1.67. The second-order valence-corrected chi connectivity index (χ2v) is 3.53. The van der Waals surface area contributed by atoms with Crippen molar-refractivity contribution in [2.75, 3.05) is 7.11 Å². The highest BCUT2D eigenvalue weighted by molar-refractivity contribution is 6.32. The number of hydrogen-bond acceptors (Lipinski definition) is 2. The molecule has 5 heteroatoms. The highest BCUT2D eigenvalue weighted by atomic mass is 35.5. The number of methoxy groups -OCH3 is 1. The minimum absolute atomic E-state index is 0.356. The molecule has 3 N–H and O–H groups in total. The largest absolute Gasteiger partial charge is 0.495 e. The molecule has 0 bridgehead atoms. The number of fused-ring (bicyclic) bond motifs is 1. The number of hydrogen-bond donors (Lipinski definition) is 2. The Morgan fingerprint density at radius 2 is 2.20 bits per heavy atom. The summed E-state index contributed by atoms with van der Waals surface area (Å²) in [5, 5.41) is 1.33. The van der Waals surface area contributed by atoms with E-state index < -0.39 is 5.91 Å². The summed E-state index contributed by atoms with van der Waals surface area (Å²) in [5.41, 5.74) is 6.28. The van der Waals surface area contributed by atoms with Gasteiger partial charge in [-0.1, -0.05) is 11.6 Å². The second kappa shape index (κ2) is 3.47. The first-order valence-electron chi connectivity index (χ1n) is 4.28. The van der Waals surface area contributed by atoms with Crippen LogP contribution in [0, 0.1) is 0 Å². The van der Waals surface area contributed by atoms with Crippen molar-refractivity contribution in [2.24, 2.45) is 5.73 Å². The van der Waals surface area contributed by atoms with Gasteiger partial charge >= 0.3 is 0 Å². The Labute approximate surface area is 91.0 Å². The van der Waals surface area contributed by atoms with Gasteiger partial charge in [0.05, 0.1) is 12.1 Å². The lowest BCUT2D eigenvalue weighted by Gasteiger charge is -2.01. The number of carbonyl (C=O) groups excluding carboxylic acids is 1. The lowest BCUT2D eigenvalue weighted by molar-refractivity contribution is 0.0996. The molecule has 1 aromatic heterocycles. The summed E-state index contributed by atoms with van der Waals surface area (Å²) in [6.45, 7) is 0. The summed E-state index contributed by atoms with van der Waals surface area (Å²) in [6, 6.07) is 5.10. The first-order valence-corrected chi connectivity index (χ1v) is 4.65. The lowest BCUT2D eigenvalue weighted by atomic mass is 10.2. The molecule has 2 rings (SSSR count). The third-order valence-corrected chi connectivity index (χ3v) is 2.45. The van der Waals surface area contributed by atoms with Crippen LogP contribution >= 0.6 is 11.6 Å². The number of nitrogens with one attached hydrogen (secondary N) is 1. The van der Waals surface area contributed by atoms with Crippen LogP contribution in [0.25, 0.3) is 10.9 Å². The van der Waals surface area contributed by atoms with Crippen LogP contribution in [0.4, 0.5) is 0 Å². The van der Waals surface area contributed by atoms with Gasteiger partial charge in [0.2, 0.25) is 0 Å². The Kier molecular flexibility index (Phi) is 2.28. The molecule has 4 nitrogen and oxygen atoms in total. The molecule has 0 spiro atoms. The Balaban J connectivity index is 2.66. The maximum absolute atomic E-state index is 10.9. The van der Waals surface area contributed by atoms with Gasteiger partial charge in [0.15, 0.2) is 0 Å². The van der Waals surface area contributed by atoms with Gasteiger partial charge in [-0.2, -0.15) is 0 Å². The number of amides is 1. The van der Waals surface area contributed by atoms with E-state index >= 15 is 0 Å². The molecule has 15 heavy (non-hydrogen) atoms. The van der Waals surface area contributed by atoms with Gasteiger partial charge in [-0.05, 0) is 12.1 Å². The van der Waals surface area contributed by atoms with Crippen LogP contribution in [-0.2, 0) is 0 Å². The van der Waals surface area contributed by atoms with Gasteiger partial charge in [0.25, 0.3) is 5.91 Å². The monoisotopic (exact) mass is 224 g/mol. The third kappa shape index (κ3) is 1.64. The van der Waals surface area contributed by atoms with Gasteiger partial charge in [0, 0.05) is 17.0 Å². The van der Waals surface area contributed by atoms with Crippen LogP contribution in [0.1, 0.15) is 10.5 Å². The van der Waals surface area contributed by atoms with Crippen LogP contribution in [0.3, 0.4) is 0 Å². The summed E-state index contributed by atoms with van der Waals surface area (Å²) in [4.78, 5) is 13.8. The Morgan fingerprint density at radius 1 is 1.47 bits per heavy atom. The van der Waals surface area contributed by atoms with Crippen LogP contribution < -0.4 is 10.5 Å². The van der Waals surface area contributed by atoms with Crippen molar-refractivity contribution in [1.82, 2.24) is 4.98 Å². The molecule has 0 radical (unpaired) electrons. The molecule has 0 aliphatic rings. The molecule has 78 valence electrons. The van der Waals surface area contributed by atoms with E-state index in [-0.39, 0.29) is 0 Å². The fourth-order valence-electron chi connectivity index (χ4n) is 1.42. The highest BCUT2D eigenvalue weighted by Gasteiger charge is 2.08. The molecular formula is C10H9ClN2O2. The van der Waals surface area contributed by atoms with Gasteiger partial charge < -0.3 is 15.5 Å². The SMILES string of the molecule is COc1cc2[nH]c(C(N)=O)cc2cc1Cl. The number of benzene rings is 1. The number of nitrogens with two attached hydrogens (primary N) is 1. The summed E-state index contributed by atoms with van der Waals surface area (Å²) in [6.07, 6.45) is 0. The summed E-state index contributed by atoms with van der Waals surface area (Å²) in [7, 11) is 1.53. The van der Waals surface area contributed by atoms with Crippen molar-refractivity contribution in [2.45, 2.75) is 0 Å². The minimum Gasteiger partial charge on any atom is -0.495 e. The average Bonchev–Trinajstić information content (AvgIpc) is 2.59. The normalized spacial score (nSPS) is 10.5. The zero-order chi connectivity index (χ0) is 11.0. The van der Waals surface area contributed by atoms with Crippen LogP contribution in [0.2, 0.25) is 5.02 Å². The number of H-pyrrole nitrogens is 1. The van der Waals surface area contributed by atoms with E-state index in [4.69, 9.17) is 22.1 Å². The number of halogens is 1. The number of rotatable bonds is 2. The van der Waals surface area contributed by atoms with Crippen molar-refractivity contribution in [1.29, 1.82) is 0 Å². The van der Waals surface area contributed by atoms with Gasteiger partial charge in [-0.15, -0.1) is 0 Å². The maximum Gasteiger partial charge on any atom is 0.265 e. The van der Waals surface area contributed by atoms with Crippen molar-refractivity contribution >= 4 is 28.4 Å². The molecule has 1 heterocycles. The zero-order valence-corrected chi connectivity index (χ0v) is 8.76. The predicted octanol–water partition coefficient (Wildman–Crippen LogP) is 1.93. The molecule has 0 aliphatic carbocycles. The molecule has 0 unspecified atom stereocenters. The first kappa shape index (κ1) is 9.86. The molecule has 0 saturated heterocycles. The van der Waals surface area contributed by atoms with E-state index in [1.54, 1.807) is 18.2 Å². The van der Waals surface area contributed by atoms with Gasteiger partial charge in [-0.3, -0.25) is 4.79 Å². The highest BCUT2D eigenvalue weighted by Crippen LogP contribution is 2.29. The number of aromatic amines is 1. The minimum atomic E-state index is -0.499. The average molecular weight is 225 g/mol. The standard InChI is InChI=1S/C10H9ClN2O2/c1-15-9-4-7-5(2-6(9)11)3-8(13-7)10(12)14/h2-4,13H,1H3,(H2,12,14). The summed E-state index contributed by atoms with van der Waals surface area (Å²) >= 11 is 5.94. The molecule has 0 saturated carbocycles. The van der Waals surface area contributed by atoms with Crippen molar-refractivity contribution in [3.8, 4) is 5.75 Å². The second-order valence-electron chi connectivity index (χ2n) is 3.12. The van der Waals surface area contributed by atoms with E-state index in [0.717, 1.165) is 10.9 Å². The topological polar surface area (TPSA) is 68.1 Å². The van der Waals surface area contributed by atoms with Crippen LogP contribution in [0.5, 0.6) is 5.75 Å². The van der Waals surface area contributed by atoms with Crippen molar-refractivity contribution < 1.29 is 9.53 Å². The Hall–Kier alpha value is -1.68. The molecular weight excluding hydrogens is 216 g/mol. The van der Waals surface area contributed by atoms with Crippen molar-refractivity contribution in [3.05, 3.63) is 28.9 Å². The molecule has 0 atom stereocenters. The third-order valence-electron chi connectivity index (χ3n) is 2.16. The smallest absolute Gasteiger partial charge is 0.265 e. The van der Waals surface area contributed by atoms with E-state index in [9.17, 15) is 4.79 Å². The predicted molar refractivity (Wildman–Crippen MR) is 58.4 cm³/mol. The summed E-state index contributed by atoms with van der Waals surface area (Å²) in [5.74, 6) is 0.0586. The number of carbonyl (C=O) groups is 1. The number of ether oxygens (including phenoxy) is 1. The Bertz CT molecular complexity index is 533. The van der Waals surface area contributed by atoms with E-state index in [1.807, 2.05) is 0 Å². The van der Waals surface area contributed by atoms with Gasteiger partial charge in [-0.25, -0.2) is 0 Å². The van der Waals surface area contributed by atoms with Gasteiger partial charge in [0.1, 0.15) is 11.4 Å². The van der Waals surface area contributed by atoms with E-state index in [0.29, 0.717) is 16.5 Å². The maximum atomic E-state index is 10.9. The number of aromatic nitrogens is 1. The fraction of sp³-hybridized carbons (Fsp3) is 0.100. The summed E-state index contributed by atoms with van der Waals surface area (Å²) < 4.78 is 5.05.